The molecule has 0 unspecified atom stereocenters. The zero-order chi connectivity index (χ0) is 26.8. The number of benzene rings is 4. The zero-order valence-corrected chi connectivity index (χ0v) is 21.5. The molecule has 7 rings (SSSR count). The third-order valence-electron chi connectivity index (χ3n) is 8.45. The number of carbonyl (C=O) groups is 3. The topological polar surface area (TPSA) is 72.9 Å². The van der Waals surface area contributed by atoms with E-state index in [1.165, 1.54) is 4.90 Å². The van der Waals surface area contributed by atoms with Crippen LogP contribution in [-0.4, -0.2) is 31.8 Å². The number of amides is 2. The Kier molecular flexibility index (Phi) is 5.20. The minimum Gasteiger partial charge on any atom is -0.497 e. The average Bonchev–Trinajstić information content (AvgIpc) is 3.54. The molecule has 1 aliphatic heterocycles. The number of fused-ring (bicyclic) bond motifs is 6. The molecule has 1 heterocycles. The summed E-state index contributed by atoms with van der Waals surface area (Å²) in [6, 6.07) is 28.4. The van der Waals surface area contributed by atoms with Crippen molar-refractivity contribution < 1.29 is 23.9 Å². The Morgan fingerprint density at radius 1 is 0.590 bits per heavy atom. The summed E-state index contributed by atoms with van der Waals surface area (Å²) < 4.78 is 10.7. The first-order valence-corrected chi connectivity index (χ1v) is 13.0. The number of anilines is 1. The van der Waals surface area contributed by atoms with Crippen molar-refractivity contribution >= 4 is 45.2 Å². The molecule has 0 N–H and O–H groups in total. The van der Waals surface area contributed by atoms with Gasteiger partial charge in [0.15, 0.2) is 0 Å². The van der Waals surface area contributed by atoms with Gasteiger partial charge in [-0.1, -0.05) is 60.7 Å². The first-order chi connectivity index (χ1) is 19.0. The van der Waals surface area contributed by atoms with Gasteiger partial charge in [0.25, 0.3) is 0 Å². The van der Waals surface area contributed by atoms with Gasteiger partial charge in [0.1, 0.15) is 17.3 Å². The minimum absolute atomic E-state index is 0.0547. The second-order valence-corrected chi connectivity index (χ2v) is 10.2. The highest BCUT2D eigenvalue weighted by Crippen LogP contribution is 2.62. The van der Waals surface area contributed by atoms with Crippen LogP contribution in [0.25, 0.3) is 21.9 Å². The predicted octanol–water partition coefficient (Wildman–Crippen LogP) is 5.40. The van der Waals surface area contributed by atoms with Gasteiger partial charge in [-0.05, 0) is 58.0 Å². The van der Waals surface area contributed by atoms with Crippen LogP contribution in [0.2, 0.25) is 0 Å². The van der Waals surface area contributed by atoms with E-state index in [1.54, 1.807) is 14.2 Å². The fourth-order valence-corrected chi connectivity index (χ4v) is 6.79. The van der Waals surface area contributed by atoms with Gasteiger partial charge in [0.2, 0.25) is 11.8 Å². The zero-order valence-electron chi connectivity index (χ0n) is 21.5. The number of allylic oxidation sites excluding steroid dienone is 2. The Balaban J connectivity index is 1.39. The average molecular weight is 516 g/mol. The molecule has 39 heavy (non-hydrogen) atoms. The molecular weight excluding hydrogens is 490 g/mol. The molecule has 0 aromatic heterocycles. The summed E-state index contributed by atoms with van der Waals surface area (Å²) in [6.45, 7) is 0. The van der Waals surface area contributed by atoms with E-state index >= 15 is 0 Å². The molecule has 2 aliphatic carbocycles. The molecule has 2 amide bonds. The van der Waals surface area contributed by atoms with Crippen LogP contribution >= 0.6 is 0 Å². The van der Waals surface area contributed by atoms with Crippen molar-refractivity contribution in [2.75, 3.05) is 19.1 Å². The molecule has 1 saturated carbocycles. The quantitative estimate of drug-likeness (QED) is 0.333. The summed E-state index contributed by atoms with van der Waals surface area (Å²) in [6.07, 6.45) is 0. The normalized spacial score (nSPS) is 23.6. The largest absolute Gasteiger partial charge is 0.497 e. The predicted molar refractivity (Wildman–Crippen MR) is 148 cm³/mol. The Hall–Kier alpha value is -4.71. The van der Waals surface area contributed by atoms with Gasteiger partial charge in [-0.3, -0.25) is 14.4 Å². The van der Waals surface area contributed by atoms with E-state index in [0.29, 0.717) is 17.2 Å². The molecule has 4 atom stereocenters. The first-order valence-electron chi connectivity index (χ1n) is 13.0. The summed E-state index contributed by atoms with van der Waals surface area (Å²) in [4.78, 5) is 43.4. The maximum absolute atomic E-state index is 14.1. The lowest BCUT2D eigenvalue weighted by atomic mass is 9.73. The van der Waals surface area contributed by atoms with Crippen LogP contribution in [0.5, 0.6) is 11.5 Å². The van der Waals surface area contributed by atoms with E-state index in [2.05, 4.69) is 0 Å². The highest BCUT2D eigenvalue weighted by atomic mass is 16.5. The monoisotopic (exact) mass is 515 g/mol. The molecule has 3 aliphatic rings. The molecule has 4 aromatic carbocycles. The smallest absolute Gasteiger partial charge is 0.238 e. The second kappa shape index (κ2) is 8.67. The number of carbonyl (C=O) groups excluding carboxylic acids is 3. The summed E-state index contributed by atoms with van der Waals surface area (Å²) >= 11 is 0. The van der Waals surface area contributed by atoms with Crippen molar-refractivity contribution in [3.8, 4) is 11.5 Å². The van der Waals surface area contributed by atoms with Crippen LogP contribution in [0.4, 0.5) is 5.69 Å². The fourth-order valence-electron chi connectivity index (χ4n) is 6.79. The molecule has 6 nitrogen and oxygen atoms in total. The van der Waals surface area contributed by atoms with Gasteiger partial charge in [-0.25, -0.2) is 4.90 Å². The number of ketones is 1. The number of methoxy groups -OCH3 is 2. The van der Waals surface area contributed by atoms with E-state index in [9.17, 15) is 14.4 Å². The number of ether oxygens (including phenoxy) is 2. The Bertz CT molecular complexity index is 1610. The van der Waals surface area contributed by atoms with E-state index in [4.69, 9.17) is 9.47 Å². The van der Waals surface area contributed by atoms with Gasteiger partial charge in [-0.2, -0.15) is 0 Å². The molecule has 0 spiro atoms. The van der Waals surface area contributed by atoms with Crippen LogP contribution in [0, 0.1) is 23.7 Å². The third kappa shape index (κ3) is 3.24. The van der Waals surface area contributed by atoms with E-state index in [-0.39, 0.29) is 17.6 Å². The van der Waals surface area contributed by atoms with Crippen LogP contribution in [0.15, 0.2) is 91.0 Å². The van der Waals surface area contributed by atoms with Crippen LogP contribution in [0.3, 0.4) is 0 Å². The number of nitrogens with zero attached hydrogens (tertiary/aromatic N) is 1. The van der Waals surface area contributed by atoms with Crippen molar-refractivity contribution in [1.29, 1.82) is 0 Å². The fraction of sp³-hybridized carbons (Fsp3) is 0.182. The lowest BCUT2D eigenvalue weighted by molar-refractivity contribution is -0.128. The van der Waals surface area contributed by atoms with Gasteiger partial charge in [0, 0.05) is 5.39 Å². The Labute approximate surface area is 225 Å². The van der Waals surface area contributed by atoms with Crippen molar-refractivity contribution in [2.24, 2.45) is 23.7 Å². The molecule has 4 aromatic rings. The molecule has 192 valence electrons. The molecule has 6 heteroatoms. The van der Waals surface area contributed by atoms with Gasteiger partial charge in [-0.15, -0.1) is 0 Å². The van der Waals surface area contributed by atoms with Crippen LogP contribution < -0.4 is 14.4 Å². The van der Waals surface area contributed by atoms with E-state index in [0.717, 1.165) is 33.0 Å². The summed E-state index contributed by atoms with van der Waals surface area (Å²) in [5.41, 5.74) is 3.91. The number of hydrogen-bond acceptors (Lipinski definition) is 5. The highest BCUT2D eigenvalue weighted by Gasteiger charge is 2.68. The third-order valence-corrected chi connectivity index (χ3v) is 8.45. The summed E-state index contributed by atoms with van der Waals surface area (Å²) in [5, 5.41) is 1.78. The van der Waals surface area contributed by atoms with E-state index in [1.807, 2.05) is 91.0 Å². The van der Waals surface area contributed by atoms with Crippen molar-refractivity contribution in [3.05, 3.63) is 102 Å². The van der Waals surface area contributed by atoms with Gasteiger partial charge in [0.05, 0.1) is 43.6 Å². The molecule has 2 bridgehead atoms. The molecule has 2 fully saturated rings. The maximum Gasteiger partial charge on any atom is 0.238 e. The van der Waals surface area contributed by atoms with Crippen molar-refractivity contribution in [2.45, 2.75) is 0 Å². The lowest BCUT2D eigenvalue weighted by Crippen LogP contribution is -2.34. The summed E-state index contributed by atoms with van der Waals surface area (Å²) in [7, 11) is 3.21. The minimum atomic E-state index is -0.729. The van der Waals surface area contributed by atoms with Gasteiger partial charge >= 0.3 is 0 Å². The Morgan fingerprint density at radius 2 is 1.08 bits per heavy atom. The molecule has 1 saturated heterocycles. The van der Waals surface area contributed by atoms with Crippen molar-refractivity contribution in [1.82, 2.24) is 0 Å². The standard InChI is InChI=1S/C33H25NO5/c1-38-21-14-10-19(11-15-21)25-26(20-12-16-22(39-2)17-13-20)28-30-29(27(25)31(28)35)32(36)34(33(30)37)24-9-5-7-18-6-3-4-8-23(18)24/h3-17,27-30H,1-2H3/t27-,28+,29-,30-/m0/s1. The number of Topliss-reactive ketones (excluding diaryl/α,β-unsaturated/α-hetero) is 1. The molecular formula is C33H25NO5. The maximum atomic E-state index is 14.1. The summed E-state index contributed by atoms with van der Waals surface area (Å²) in [5.74, 6) is -2.10. The first kappa shape index (κ1) is 23.4. The van der Waals surface area contributed by atoms with E-state index < -0.39 is 23.7 Å². The SMILES string of the molecule is COc1ccc(C2=C(c3ccc(OC)cc3)[C@@H]3C(=O)[C@H]2[C@@H]2C(=O)N(c4cccc5ccccc45)C(=O)[C@@H]32)cc1. The molecule has 0 radical (unpaired) electrons. The lowest BCUT2D eigenvalue weighted by Gasteiger charge is -2.26. The number of imide groups is 1. The Morgan fingerprint density at radius 3 is 1.59 bits per heavy atom. The number of rotatable bonds is 5. The number of hydrogen-bond donors (Lipinski definition) is 0. The van der Waals surface area contributed by atoms with Crippen LogP contribution in [0.1, 0.15) is 11.1 Å². The van der Waals surface area contributed by atoms with Crippen LogP contribution in [-0.2, 0) is 14.4 Å². The second-order valence-electron chi connectivity index (χ2n) is 10.2. The van der Waals surface area contributed by atoms with Gasteiger partial charge < -0.3 is 9.47 Å². The van der Waals surface area contributed by atoms with Crippen molar-refractivity contribution in [3.63, 3.8) is 0 Å². The highest BCUT2D eigenvalue weighted by molar-refractivity contribution is 6.32.